The van der Waals surface area contributed by atoms with Gasteiger partial charge in [-0.05, 0) is 0 Å². The number of amides is 3. The van der Waals surface area contributed by atoms with Crippen molar-refractivity contribution in [2.75, 3.05) is 19.6 Å². The van der Waals surface area contributed by atoms with E-state index in [9.17, 15) is 14.4 Å². The van der Waals surface area contributed by atoms with Gasteiger partial charge in [-0.1, -0.05) is 63.8 Å². The van der Waals surface area contributed by atoms with Gasteiger partial charge in [-0.15, -0.1) is 0 Å². The van der Waals surface area contributed by atoms with Crippen molar-refractivity contribution in [2.45, 2.75) is 63.8 Å². The van der Waals surface area contributed by atoms with Gasteiger partial charge in [0.15, 0.2) is 0 Å². The zero-order chi connectivity index (χ0) is 20.6. The van der Waals surface area contributed by atoms with Crippen LogP contribution in [0.4, 0.5) is 0 Å². The lowest BCUT2D eigenvalue weighted by Crippen LogP contribution is -2.27. The maximum absolute atomic E-state index is 10.5. The number of aliphatic imine (C=N–C) groups is 3. The molecule has 3 amide bonds. The summed E-state index contributed by atoms with van der Waals surface area (Å²) < 4.78 is 0. The van der Waals surface area contributed by atoms with E-state index in [1.54, 1.807) is 0 Å². The van der Waals surface area contributed by atoms with Crippen LogP contribution in [0, 0.1) is 17.8 Å². The van der Waals surface area contributed by atoms with Gasteiger partial charge in [-0.2, -0.15) is 0 Å². The van der Waals surface area contributed by atoms with Crippen LogP contribution in [0.15, 0.2) is 15.0 Å². The quantitative estimate of drug-likeness (QED) is 0.642. The summed E-state index contributed by atoms with van der Waals surface area (Å²) in [5.74, 6) is 3.53. The highest BCUT2D eigenvalue weighted by molar-refractivity contribution is 6.05. The van der Waals surface area contributed by atoms with Gasteiger partial charge in [0.05, 0.1) is 0 Å². The maximum Gasteiger partial charge on any atom is 0.247 e. The average Bonchev–Trinajstić information content (AvgIpc) is 3.30. The van der Waals surface area contributed by atoms with Gasteiger partial charge in [-0.25, -0.2) is 0 Å². The first-order chi connectivity index (χ1) is 12.6. The lowest BCUT2D eigenvalue weighted by molar-refractivity contribution is -0.118. The number of rotatable bonds is 3. The lowest BCUT2D eigenvalue weighted by Gasteiger charge is -2.01. The summed E-state index contributed by atoms with van der Waals surface area (Å²) in [5, 5.41) is 7.99. The summed E-state index contributed by atoms with van der Waals surface area (Å²) in [6.45, 7) is 13.0. The standard InChI is InChI=1S/3C6H10N2O.3CH4/c3*1-4(2)6-7-3-5(9)8-6;;;/h3*4H,3H2,1-2H3,(H,7,8,9);3*1H4. The highest BCUT2D eigenvalue weighted by atomic mass is 16.2. The van der Waals surface area contributed by atoms with Crippen molar-refractivity contribution in [1.82, 2.24) is 16.0 Å². The maximum atomic E-state index is 10.5. The van der Waals surface area contributed by atoms with Gasteiger partial charge in [0, 0.05) is 17.8 Å². The van der Waals surface area contributed by atoms with E-state index in [0.717, 1.165) is 17.5 Å². The highest BCUT2D eigenvalue weighted by Crippen LogP contribution is 1.99. The van der Waals surface area contributed by atoms with Gasteiger partial charge >= 0.3 is 0 Å². The Balaban J connectivity index is -0.000000347. The Morgan fingerprint density at radius 2 is 0.733 bits per heavy atom. The third-order valence-corrected chi connectivity index (χ3v) is 3.62. The van der Waals surface area contributed by atoms with Crippen LogP contribution in [-0.2, 0) is 14.4 Å². The molecule has 174 valence electrons. The largest absolute Gasteiger partial charge is 0.313 e. The number of carbonyl (C=O) groups is 3. The molecule has 0 saturated heterocycles. The molecule has 3 aliphatic heterocycles. The fraction of sp³-hybridized carbons (Fsp3) is 0.714. The lowest BCUT2D eigenvalue weighted by atomic mass is 10.2. The van der Waals surface area contributed by atoms with Crippen molar-refractivity contribution in [2.24, 2.45) is 32.7 Å². The summed E-state index contributed by atoms with van der Waals surface area (Å²) in [6, 6.07) is 0. The Morgan fingerprint density at radius 3 is 0.800 bits per heavy atom. The molecular formula is C21H42N6O3. The first-order valence-electron chi connectivity index (χ1n) is 9.12. The van der Waals surface area contributed by atoms with Crippen molar-refractivity contribution >= 4 is 35.2 Å². The van der Waals surface area contributed by atoms with Crippen LogP contribution >= 0.6 is 0 Å². The van der Waals surface area contributed by atoms with Crippen molar-refractivity contribution < 1.29 is 14.4 Å². The Hall–Kier alpha value is -2.58. The molecule has 0 radical (unpaired) electrons. The first-order valence-corrected chi connectivity index (χ1v) is 9.12. The SMILES string of the molecule is C.C.C.CC(C)C1=NCC(=O)N1.CC(C)C1=NCC(=O)N1.CC(C)C1=NCC(=O)N1. The van der Waals surface area contributed by atoms with Crippen LogP contribution in [0.25, 0.3) is 0 Å². The molecule has 0 saturated carbocycles. The Morgan fingerprint density at radius 1 is 0.533 bits per heavy atom. The third-order valence-electron chi connectivity index (χ3n) is 3.62. The Labute approximate surface area is 182 Å². The normalized spacial score (nSPS) is 16.3. The summed E-state index contributed by atoms with van der Waals surface area (Å²) in [7, 11) is 0. The Kier molecular flexibility index (Phi) is 16.4. The number of hydrogen-bond donors (Lipinski definition) is 3. The van der Waals surface area contributed by atoms with E-state index < -0.39 is 0 Å². The van der Waals surface area contributed by atoms with Crippen LogP contribution in [0.2, 0.25) is 0 Å². The molecule has 0 aromatic rings. The number of amidine groups is 3. The molecule has 0 bridgehead atoms. The van der Waals surface area contributed by atoms with Gasteiger partial charge in [0.25, 0.3) is 0 Å². The topological polar surface area (TPSA) is 124 Å². The van der Waals surface area contributed by atoms with Crippen LogP contribution < -0.4 is 16.0 Å². The van der Waals surface area contributed by atoms with Gasteiger partial charge in [0.2, 0.25) is 17.7 Å². The van der Waals surface area contributed by atoms with Crippen LogP contribution in [0.1, 0.15) is 63.8 Å². The van der Waals surface area contributed by atoms with Crippen molar-refractivity contribution in [1.29, 1.82) is 0 Å². The summed E-state index contributed by atoms with van der Waals surface area (Å²) >= 11 is 0. The minimum absolute atomic E-state index is 0. The van der Waals surface area contributed by atoms with Crippen molar-refractivity contribution in [3.63, 3.8) is 0 Å². The second kappa shape index (κ2) is 15.3. The van der Waals surface area contributed by atoms with Crippen molar-refractivity contribution in [3.8, 4) is 0 Å². The smallest absolute Gasteiger partial charge is 0.247 e. The molecule has 30 heavy (non-hydrogen) atoms. The highest BCUT2D eigenvalue weighted by Gasteiger charge is 2.16. The Bertz CT molecular complexity index is 573. The monoisotopic (exact) mass is 426 g/mol. The fourth-order valence-electron chi connectivity index (χ4n) is 2.12. The molecule has 3 heterocycles. The predicted molar refractivity (Wildman–Crippen MR) is 126 cm³/mol. The molecular weight excluding hydrogens is 384 g/mol. The second-order valence-electron chi connectivity index (χ2n) is 7.21. The summed E-state index contributed by atoms with van der Waals surface area (Å²) in [5.41, 5.74) is 0. The van der Waals surface area contributed by atoms with E-state index in [1.165, 1.54) is 0 Å². The zero-order valence-corrected chi connectivity index (χ0v) is 16.9. The van der Waals surface area contributed by atoms with Gasteiger partial charge in [-0.3, -0.25) is 29.4 Å². The zero-order valence-electron chi connectivity index (χ0n) is 16.9. The molecule has 0 unspecified atom stereocenters. The number of hydrogen-bond acceptors (Lipinski definition) is 6. The molecule has 0 aromatic carbocycles. The van der Waals surface area contributed by atoms with Crippen molar-refractivity contribution in [3.05, 3.63) is 0 Å². The minimum Gasteiger partial charge on any atom is -0.313 e. The molecule has 3 N–H and O–H groups in total. The molecule has 0 aromatic heterocycles. The van der Waals surface area contributed by atoms with Gasteiger partial charge in [0.1, 0.15) is 37.1 Å². The van der Waals surface area contributed by atoms with E-state index in [0.29, 0.717) is 37.4 Å². The molecule has 0 aliphatic carbocycles. The average molecular weight is 427 g/mol. The molecule has 9 nitrogen and oxygen atoms in total. The summed E-state index contributed by atoms with van der Waals surface area (Å²) in [4.78, 5) is 43.5. The third kappa shape index (κ3) is 11.4. The van der Waals surface area contributed by atoms with E-state index in [1.807, 2.05) is 41.5 Å². The van der Waals surface area contributed by atoms with E-state index in [4.69, 9.17) is 0 Å². The first kappa shape index (κ1) is 32.1. The second-order valence-corrected chi connectivity index (χ2v) is 7.21. The van der Waals surface area contributed by atoms with Crippen LogP contribution in [-0.4, -0.2) is 54.9 Å². The number of carbonyl (C=O) groups excluding carboxylic acids is 3. The van der Waals surface area contributed by atoms with Crippen LogP contribution in [0.5, 0.6) is 0 Å². The molecule has 3 aliphatic rings. The molecule has 3 rings (SSSR count). The fourth-order valence-corrected chi connectivity index (χ4v) is 2.12. The van der Waals surface area contributed by atoms with E-state index in [-0.39, 0.29) is 40.0 Å². The number of nitrogens with one attached hydrogen (secondary N) is 3. The van der Waals surface area contributed by atoms with Crippen LogP contribution in [0.3, 0.4) is 0 Å². The van der Waals surface area contributed by atoms with E-state index >= 15 is 0 Å². The molecule has 0 fully saturated rings. The minimum atomic E-state index is 0. The molecule has 9 heteroatoms. The van der Waals surface area contributed by atoms with E-state index in [2.05, 4.69) is 30.9 Å². The molecule has 0 atom stereocenters. The molecule has 0 spiro atoms. The summed E-state index contributed by atoms with van der Waals surface area (Å²) in [6.07, 6.45) is 0. The van der Waals surface area contributed by atoms with Gasteiger partial charge < -0.3 is 16.0 Å². The predicted octanol–water partition coefficient (Wildman–Crippen LogP) is 2.42. The number of nitrogens with zero attached hydrogens (tertiary/aromatic N) is 3.